The van der Waals surface area contributed by atoms with Crippen molar-refractivity contribution in [1.82, 2.24) is 30.9 Å². The highest BCUT2D eigenvalue weighted by molar-refractivity contribution is 6.18. The Balaban J connectivity index is 0.992. The quantitative estimate of drug-likeness (QED) is 0.0105. The Morgan fingerprint density at radius 1 is 0.362 bits per heavy atom. The molecule has 94 heavy (non-hydrogen) atoms. The van der Waals surface area contributed by atoms with Crippen LogP contribution in [0.25, 0.3) is 32.7 Å². The Bertz CT molecular complexity index is 3790. The molecular formula is C73H82N12O9. The van der Waals surface area contributed by atoms with Crippen LogP contribution in [0.5, 0.6) is 0 Å². The first-order valence-corrected chi connectivity index (χ1v) is 31.7. The fraction of sp³-hybridized carbons (Fsp3) is 0.301. The van der Waals surface area contributed by atoms with Crippen molar-refractivity contribution >= 4 is 103 Å². The standard InChI is InChI=1S/C73H82N12O9/c1-46(86)77-37-13-10-34-71(74,64(89)40-52-43-80-61-19-7-4-16-58(52)61)68(92)83-55-28-22-49(23-29-55)67(50-24-30-56(31-25-50)84-69(93)72(75,35-11-14-38-78-47(2)87)65(90)41-53-44-81-62-20-8-5-17-59(53)62)51-26-32-57(33-27-51)85-70(94)73(76,36-12-15-39-79-48(3)88)66(91)42-54-45-82-63-21-9-6-18-60(54)63/h4-9,16-33,43-45,67,80-82H,10-15,34-42,74-76H2,1-3H3,(H,77,86)(H,78,87)(H,79,88)(H,83,92)(H,84,93)(H,85,94)/t71-,72-,73-/m1/s1. The molecule has 3 atom stereocenters. The predicted molar refractivity (Wildman–Crippen MR) is 366 cm³/mol. The molecule has 3 heterocycles. The fourth-order valence-corrected chi connectivity index (χ4v) is 11.9. The summed E-state index contributed by atoms with van der Waals surface area (Å²) in [6.45, 7) is 5.28. The smallest absolute Gasteiger partial charge is 0.252 e. The number of hydrogen-bond donors (Lipinski definition) is 12. The number of hydrogen-bond acceptors (Lipinski definition) is 12. The van der Waals surface area contributed by atoms with E-state index in [0.29, 0.717) is 91.9 Å². The predicted octanol–water partition coefficient (Wildman–Crippen LogP) is 8.57. The zero-order chi connectivity index (χ0) is 67.0. The Kier molecular flexibility index (Phi) is 22.3. The number of aromatic nitrogens is 3. The van der Waals surface area contributed by atoms with Gasteiger partial charge in [-0.2, -0.15) is 0 Å². The van der Waals surface area contributed by atoms with Crippen LogP contribution in [0.15, 0.2) is 164 Å². The third-order valence-corrected chi connectivity index (χ3v) is 17.4. The number of nitrogens with two attached hydrogens (primary N) is 3. The zero-order valence-corrected chi connectivity index (χ0v) is 53.2. The summed E-state index contributed by atoms with van der Waals surface area (Å²) < 4.78 is 0. The van der Waals surface area contributed by atoms with Crippen LogP contribution in [0.3, 0.4) is 0 Å². The molecule has 6 aromatic carbocycles. The largest absolute Gasteiger partial charge is 0.361 e. The van der Waals surface area contributed by atoms with Crippen molar-refractivity contribution in [3.8, 4) is 0 Å². The average Bonchev–Trinajstić information content (AvgIpc) is 1.29. The number of Topliss-reactive ketones (excluding diaryl/α,β-unsaturated/α-hetero) is 3. The minimum atomic E-state index is -1.95. The number of anilines is 3. The Hall–Kier alpha value is -10.4. The number of fused-ring (bicyclic) bond motifs is 3. The van der Waals surface area contributed by atoms with Crippen molar-refractivity contribution in [2.75, 3.05) is 35.6 Å². The van der Waals surface area contributed by atoms with E-state index in [-0.39, 0.29) is 56.2 Å². The summed E-state index contributed by atoms with van der Waals surface area (Å²) in [5, 5.41) is 19.5. The van der Waals surface area contributed by atoms with Crippen molar-refractivity contribution in [3.63, 3.8) is 0 Å². The monoisotopic (exact) mass is 1270 g/mol. The normalized spacial score (nSPS) is 13.3. The van der Waals surface area contributed by atoms with Gasteiger partial charge in [0.2, 0.25) is 17.7 Å². The summed E-state index contributed by atoms with van der Waals surface area (Å²) in [6, 6.07) is 43.8. The first-order chi connectivity index (χ1) is 45.1. The first-order valence-electron chi connectivity index (χ1n) is 31.7. The van der Waals surface area contributed by atoms with E-state index in [0.717, 1.165) is 49.4 Å². The third-order valence-electron chi connectivity index (χ3n) is 17.4. The maximum absolute atomic E-state index is 14.5. The van der Waals surface area contributed by atoms with Gasteiger partial charge in [-0.3, -0.25) is 43.2 Å². The van der Waals surface area contributed by atoms with Gasteiger partial charge in [-0.15, -0.1) is 0 Å². The van der Waals surface area contributed by atoms with E-state index in [1.165, 1.54) is 20.8 Å². The fourth-order valence-electron chi connectivity index (χ4n) is 11.9. The molecular weight excluding hydrogens is 1190 g/mol. The number of para-hydroxylation sites is 3. The van der Waals surface area contributed by atoms with Crippen LogP contribution in [0.2, 0.25) is 0 Å². The van der Waals surface area contributed by atoms with Crippen molar-refractivity contribution in [2.24, 2.45) is 17.2 Å². The van der Waals surface area contributed by atoms with E-state index in [2.05, 4.69) is 46.9 Å². The zero-order valence-electron chi connectivity index (χ0n) is 53.2. The molecule has 0 bridgehead atoms. The molecule has 0 aliphatic carbocycles. The number of ketones is 3. The minimum Gasteiger partial charge on any atom is -0.361 e. The second-order valence-electron chi connectivity index (χ2n) is 24.3. The van der Waals surface area contributed by atoms with Crippen LogP contribution in [-0.2, 0) is 62.4 Å². The molecule has 15 N–H and O–H groups in total. The molecule has 0 spiro atoms. The summed E-state index contributed by atoms with van der Waals surface area (Å²) in [4.78, 5) is 131. The highest BCUT2D eigenvalue weighted by Crippen LogP contribution is 2.36. The number of rotatable bonds is 33. The molecule has 0 unspecified atom stereocenters. The number of H-pyrrole nitrogens is 3. The van der Waals surface area contributed by atoms with Crippen molar-refractivity contribution < 1.29 is 43.2 Å². The highest BCUT2D eigenvalue weighted by atomic mass is 16.2. The Morgan fingerprint density at radius 2 is 0.617 bits per heavy atom. The number of benzene rings is 6. The van der Waals surface area contributed by atoms with E-state index < -0.39 is 57.6 Å². The molecule has 6 amide bonds. The van der Waals surface area contributed by atoms with E-state index in [1.54, 1.807) is 55.0 Å². The van der Waals surface area contributed by atoms with Crippen LogP contribution in [0.1, 0.15) is 118 Å². The number of amides is 6. The molecule has 3 aromatic heterocycles. The molecule has 21 heteroatoms. The molecule has 0 saturated carbocycles. The van der Waals surface area contributed by atoms with Gasteiger partial charge >= 0.3 is 0 Å². The number of aromatic amines is 3. The minimum absolute atomic E-state index is 0.00763. The molecule has 0 fully saturated rings. The van der Waals surface area contributed by atoms with Crippen molar-refractivity contribution in [3.05, 3.63) is 198 Å². The summed E-state index contributed by atoms with van der Waals surface area (Å²) in [5.41, 5.74) is 22.8. The third kappa shape index (κ3) is 16.6. The van der Waals surface area contributed by atoms with Crippen LogP contribution < -0.4 is 49.1 Å². The topological polar surface area (TPSA) is 351 Å². The first kappa shape index (κ1) is 68.0. The summed E-state index contributed by atoms with van der Waals surface area (Å²) in [7, 11) is 0. The van der Waals surface area contributed by atoms with E-state index >= 15 is 0 Å². The lowest BCUT2D eigenvalue weighted by molar-refractivity contribution is -0.134. The molecule has 21 nitrogen and oxygen atoms in total. The summed E-state index contributed by atoms with van der Waals surface area (Å²) in [5.74, 6) is -4.68. The van der Waals surface area contributed by atoms with Crippen molar-refractivity contribution in [2.45, 2.75) is 120 Å². The molecule has 0 radical (unpaired) electrons. The second-order valence-corrected chi connectivity index (χ2v) is 24.3. The van der Waals surface area contributed by atoms with Gasteiger partial charge in [0.15, 0.2) is 34.0 Å². The number of carbonyl (C=O) groups excluding carboxylic acids is 9. The Morgan fingerprint density at radius 3 is 0.872 bits per heavy atom. The van der Waals surface area contributed by atoms with E-state index in [4.69, 9.17) is 17.2 Å². The van der Waals surface area contributed by atoms with E-state index in [9.17, 15) is 43.2 Å². The van der Waals surface area contributed by atoms with Gasteiger partial charge in [-0.1, -0.05) is 91.0 Å². The highest BCUT2D eigenvalue weighted by Gasteiger charge is 2.44. The van der Waals surface area contributed by atoms with Gasteiger partial charge in [0.25, 0.3) is 17.7 Å². The van der Waals surface area contributed by atoms with Gasteiger partial charge in [-0.25, -0.2) is 0 Å². The average molecular weight is 1270 g/mol. The van der Waals surface area contributed by atoms with Gasteiger partial charge in [-0.05, 0) is 146 Å². The SMILES string of the molecule is CC(=O)NCCCC[C@@](N)(C(=O)Cc1c[nH]c2ccccc12)C(=O)Nc1ccc(C(c2ccc(NC(=O)[C@@](N)(CCCCNC(C)=O)C(=O)Cc3c[nH]c4ccccc34)cc2)c2ccc(NC(=O)[C@@](N)(CCCCNC(C)=O)C(=O)Cc3c[nH]c4ccccc34)cc2)cc1. The van der Waals surface area contributed by atoms with Crippen LogP contribution in [0, 0.1) is 0 Å². The second kappa shape index (κ2) is 30.8. The van der Waals surface area contributed by atoms with Crippen molar-refractivity contribution in [1.29, 1.82) is 0 Å². The van der Waals surface area contributed by atoms with Crippen LogP contribution in [-0.4, -0.2) is 104 Å². The summed E-state index contributed by atoms with van der Waals surface area (Å²) in [6.07, 6.45) is 7.46. The molecule has 488 valence electrons. The van der Waals surface area contributed by atoms with E-state index in [1.807, 2.05) is 109 Å². The molecule has 0 aliphatic heterocycles. The maximum atomic E-state index is 14.5. The molecule has 0 aliphatic rings. The number of carbonyl (C=O) groups is 9. The lowest BCUT2D eigenvalue weighted by atomic mass is 9.83. The van der Waals surface area contributed by atoms with Gasteiger partial charge in [0, 0.05) is 134 Å². The lowest BCUT2D eigenvalue weighted by Crippen LogP contribution is -2.58. The Labute approximate surface area is 544 Å². The van der Waals surface area contributed by atoms with Gasteiger partial charge in [0.1, 0.15) is 0 Å². The van der Waals surface area contributed by atoms with Crippen LogP contribution >= 0.6 is 0 Å². The maximum Gasteiger partial charge on any atom is 0.252 e. The summed E-state index contributed by atoms with van der Waals surface area (Å²) >= 11 is 0. The number of nitrogens with one attached hydrogen (secondary N) is 9. The lowest BCUT2D eigenvalue weighted by Gasteiger charge is -2.28. The van der Waals surface area contributed by atoms with Gasteiger partial charge < -0.3 is 64.1 Å². The van der Waals surface area contributed by atoms with Crippen LogP contribution in [0.4, 0.5) is 17.1 Å². The molecule has 0 saturated heterocycles. The molecule has 9 aromatic rings. The van der Waals surface area contributed by atoms with Gasteiger partial charge in [0.05, 0.1) is 0 Å². The number of unbranched alkanes of at least 4 members (excludes halogenated alkanes) is 3. The molecule has 9 rings (SSSR count).